The molecule has 0 spiro atoms. The minimum atomic E-state index is -0.976. The molecule has 1 aromatic heterocycles. The number of pyridine rings is 1. The van der Waals surface area contributed by atoms with Crippen molar-refractivity contribution >= 4 is 23.5 Å². The Bertz CT molecular complexity index is 946. The van der Waals surface area contributed by atoms with E-state index < -0.39 is 5.97 Å². The third-order valence-electron chi connectivity index (χ3n) is 4.57. The molecule has 0 aliphatic heterocycles. The van der Waals surface area contributed by atoms with Crippen molar-refractivity contribution in [3.05, 3.63) is 83.6 Å². The lowest BCUT2D eigenvalue weighted by molar-refractivity contribution is 0.0696. The number of rotatable bonds is 9. The molecular weight excluding hydrogens is 384 g/mol. The standard InChI is InChI=1S/C23H24N2O3S/c1-3-25(22-12-9-18(14-24-22)23(26)27)15-19-13-20(29-2)10-11-21(19)28-16-17-7-5-4-6-8-17/h4-14H,3,15-16H2,1-2H3,(H,26,27). The van der Waals surface area contributed by atoms with Crippen molar-refractivity contribution in [1.29, 1.82) is 0 Å². The highest BCUT2D eigenvalue weighted by atomic mass is 32.2. The van der Waals surface area contributed by atoms with Gasteiger partial charge in [0.25, 0.3) is 0 Å². The van der Waals surface area contributed by atoms with Gasteiger partial charge in [0.15, 0.2) is 0 Å². The number of aromatic nitrogens is 1. The molecule has 0 aliphatic rings. The summed E-state index contributed by atoms with van der Waals surface area (Å²) in [7, 11) is 0. The van der Waals surface area contributed by atoms with Crippen LogP contribution in [0.2, 0.25) is 0 Å². The van der Waals surface area contributed by atoms with Gasteiger partial charge in [-0.3, -0.25) is 0 Å². The SMILES string of the molecule is CCN(Cc1cc(SC)ccc1OCc1ccccc1)c1ccc(C(=O)O)cn1. The summed E-state index contributed by atoms with van der Waals surface area (Å²) >= 11 is 1.69. The van der Waals surface area contributed by atoms with Crippen LogP contribution in [0.4, 0.5) is 5.82 Å². The van der Waals surface area contributed by atoms with Gasteiger partial charge in [-0.15, -0.1) is 11.8 Å². The van der Waals surface area contributed by atoms with E-state index in [1.54, 1.807) is 23.9 Å². The first-order chi connectivity index (χ1) is 14.1. The Morgan fingerprint density at radius 1 is 1.14 bits per heavy atom. The molecule has 0 radical (unpaired) electrons. The lowest BCUT2D eigenvalue weighted by Crippen LogP contribution is -2.23. The molecule has 0 saturated carbocycles. The summed E-state index contributed by atoms with van der Waals surface area (Å²) in [5.41, 5.74) is 2.37. The van der Waals surface area contributed by atoms with Crippen LogP contribution in [-0.4, -0.2) is 28.9 Å². The van der Waals surface area contributed by atoms with E-state index >= 15 is 0 Å². The van der Waals surface area contributed by atoms with Crippen LogP contribution in [0, 0.1) is 0 Å². The molecule has 3 rings (SSSR count). The number of benzene rings is 2. The Morgan fingerprint density at radius 2 is 1.93 bits per heavy atom. The maximum absolute atomic E-state index is 11.1. The summed E-state index contributed by atoms with van der Waals surface area (Å²) < 4.78 is 6.12. The van der Waals surface area contributed by atoms with E-state index in [0.717, 1.165) is 34.1 Å². The fourth-order valence-electron chi connectivity index (χ4n) is 2.94. The van der Waals surface area contributed by atoms with E-state index in [2.05, 4.69) is 28.9 Å². The topological polar surface area (TPSA) is 62.7 Å². The fourth-order valence-corrected chi connectivity index (χ4v) is 3.41. The highest BCUT2D eigenvalue weighted by Crippen LogP contribution is 2.28. The van der Waals surface area contributed by atoms with Gasteiger partial charge in [-0.2, -0.15) is 0 Å². The largest absolute Gasteiger partial charge is 0.489 e. The van der Waals surface area contributed by atoms with Crippen LogP contribution in [0.1, 0.15) is 28.4 Å². The molecule has 1 heterocycles. The summed E-state index contributed by atoms with van der Waals surface area (Å²) in [6.07, 6.45) is 3.44. The van der Waals surface area contributed by atoms with E-state index in [-0.39, 0.29) is 5.56 Å². The Labute approximate surface area is 175 Å². The molecule has 0 unspecified atom stereocenters. The fraction of sp³-hybridized carbons (Fsp3) is 0.217. The molecule has 150 valence electrons. The summed E-state index contributed by atoms with van der Waals surface area (Å²) in [4.78, 5) is 18.7. The van der Waals surface area contributed by atoms with E-state index in [0.29, 0.717) is 13.2 Å². The van der Waals surface area contributed by atoms with Crippen molar-refractivity contribution in [2.75, 3.05) is 17.7 Å². The molecule has 2 aromatic carbocycles. The maximum atomic E-state index is 11.1. The van der Waals surface area contributed by atoms with Crippen LogP contribution < -0.4 is 9.64 Å². The van der Waals surface area contributed by atoms with Crippen molar-refractivity contribution in [1.82, 2.24) is 4.98 Å². The molecule has 5 nitrogen and oxygen atoms in total. The smallest absolute Gasteiger partial charge is 0.337 e. The second-order valence-corrected chi connectivity index (χ2v) is 7.35. The van der Waals surface area contributed by atoms with Crippen LogP contribution in [0.25, 0.3) is 0 Å². The molecule has 6 heteroatoms. The van der Waals surface area contributed by atoms with Gasteiger partial charge in [-0.1, -0.05) is 30.3 Å². The van der Waals surface area contributed by atoms with Crippen molar-refractivity contribution in [3.63, 3.8) is 0 Å². The predicted molar refractivity (Wildman–Crippen MR) is 117 cm³/mol. The van der Waals surface area contributed by atoms with E-state index in [4.69, 9.17) is 9.84 Å². The minimum Gasteiger partial charge on any atom is -0.489 e. The molecule has 29 heavy (non-hydrogen) atoms. The number of nitrogens with zero attached hydrogens (tertiary/aromatic N) is 2. The third-order valence-corrected chi connectivity index (χ3v) is 5.29. The normalized spacial score (nSPS) is 10.6. The monoisotopic (exact) mass is 408 g/mol. The zero-order chi connectivity index (χ0) is 20.6. The van der Waals surface area contributed by atoms with Gasteiger partial charge in [0.05, 0.1) is 5.56 Å². The molecule has 0 aliphatic carbocycles. The molecule has 0 fully saturated rings. The molecular formula is C23H24N2O3S. The molecule has 3 aromatic rings. The van der Waals surface area contributed by atoms with Gasteiger partial charge in [0.1, 0.15) is 18.2 Å². The molecule has 0 amide bonds. The summed E-state index contributed by atoms with van der Waals surface area (Å²) in [6.45, 7) is 3.91. The van der Waals surface area contributed by atoms with Crippen LogP contribution in [0.3, 0.4) is 0 Å². The summed E-state index contributed by atoms with van der Waals surface area (Å²) in [5.74, 6) is 0.602. The summed E-state index contributed by atoms with van der Waals surface area (Å²) in [6, 6.07) is 19.6. The zero-order valence-electron chi connectivity index (χ0n) is 16.5. The number of carbonyl (C=O) groups is 1. The maximum Gasteiger partial charge on any atom is 0.337 e. The van der Waals surface area contributed by atoms with Crippen LogP contribution >= 0.6 is 11.8 Å². The second-order valence-electron chi connectivity index (χ2n) is 6.47. The molecule has 0 saturated heterocycles. The number of anilines is 1. The van der Waals surface area contributed by atoms with E-state index in [1.807, 2.05) is 42.7 Å². The van der Waals surface area contributed by atoms with Gasteiger partial charge >= 0.3 is 5.97 Å². The van der Waals surface area contributed by atoms with Crippen molar-refractivity contribution in [3.8, 4) is 5.75 Å². The number of hydrogen-bond acceptors (Lipinski definition) is 5. The first kappa shape index (κ1) is 20.7. The van der Waals surface area contributed by atoms with Gasteiger partial charge < -0.3 is 14.7 Å². The van der Waals surface area contributed by atoms with Crippen LogP contribution in [0.5, 0.6) is 5.75 Å². The Kier molecular flexibility index (Phi) is 7.14. The molecule has 0 atom stereocenters. The van der Waals surface area contributed by atoms with Gasteiger partial charge in [-0.25, -0.2) is 9.78 Å². The number of aromatic carboxylic acids is 1. The van der Waals surface area contributed by atoms with E-state index in [1.165, 1.54) is 6.20 Å². The van der Waals surface area contributed by atoms with E-state index in [9.17, 15) is 4.79 Å². The number of thioether (sulfide) groups is 1. The predicted octanol–water partition coefficient (Wildman–Crippen LogP) is 5.11. The first-order valence-electron chi connectivity index (χ1n) is 9.38. The van der Waals surface area contributed by atoms with Gasteiger partial charge in [0, 0.05) is 29.7 Å². The van der Waals surface area contributed by atoms with Crippen molar-refractivity contribution in [2.45, 2.75) is 25.0 Å². The Balaban J connectivity index is 1.81. The Hall–Kier alpha value is -2.99. The number of hydrogen-bond donors (Lipinski definition) is 1. The average molecular weight is 409 g/mol. The number of ether oxygens (including phenoxy) is 1. The average Bonchev–Trinajstić information content (AvgIpc) is 2.77. The molecule has 1 N–H and O–H groups in total. The highest BCUT2D eigenvalue weighted by molar-refractivity contribution is 7.98. The highest BCUT2D eigenvalue weighted by Gasteiger charge is 2.13. The quantitative estimate of drug-likeness (QED) is 0.497. The Morgan fingerprint density at radius 3 is 2.55 bits per heavy atom. The van der Waals surface area contributed by atoms with Crippen molar-refractivity contribution < 1.29 is 14.6 Å². The molecule has 0 bridgehead atoms. The number of carboxylic acid groups (broad SMARTS) is 1. The van der Waals surface area contributed by atoms with Crippen molar-refractivity contribution in [2.24, 2.45) is 0 Å². The summed E-state index contributed by atoms with van der Waals surface area (Å²) in [5, 5.41) is 9.08. The van der Waals surface area contributed by atoms with Crippen LogP contribution in [0.15, 0.2) is 71.8 Å². The minimum absolute atomic E-state index is 0.182. The first-order valence-corrected chi connectivity index (χ1v) is 10.6. The lowest BCUT2D eigenvalue weighted by Gasteiger charge is -2.24. The van der Waals surface area contributed by atoms with Gasteiger partial charge in [0.2, 0.25) is 0 Å². The number of carboxylic acids is 1. The lowest BCUT2D eigenvalue weighted by atomic mass is 10.1. The zero-order valence-corrected chi connectivity index (χ0v) is 17.4. The third kappa shape index (κ3) is 5.51. The second kappa shape index (κ2) is 9.98. The van der Waals surface area contributed by atoms with Gasteiger partial charge in [-0.05, 0) is 49.1 Å². The van der Waals surface area contributed by atoms with Crippen LogP contribution in [-0.2, 0) is 13.2 Å².